The molecule has 2 heterocycles. The van der Waals surface area contributed by atoms with E-state index in [4.69, 9.17) is 0 Å². The molecular weight excluding hydrogens is 206 g/mol. The van der Waals surface area contributed by atoms with Crippen LogP contribution < -0.4 is 5.56 Å². The van der Waals surface area contributed by atoms with Crippen molar-refractivity contribution in [2.45, 2.75) is 26.2 Å². The van der Waals surface area contributed by atoms with Crippen LogP contribution in [0.25, 0.3) is 11.4 Å². The van der Waals surface area contributed by atoms with Gasteiger partial charge < -0.3 is 4.98 Å². The van der Waals surface area contributed by atoms with Crippen molar-refractivity contribution < 1.29 is 0 Å². The first-order valence-electron chi connectivity index (χ1n) is 4.96. The predicted octanol–water partition coefficient (Wildman–Crippen LogP) is 0.852. The molecule has 84 valence electrons. The molecule has 0 aliphatic rings. The Morgan fingerprint density at radius 3 is 2.50 bits per heavy atom. The average molecular weight is 219 g/mol. The number of aromatic amines is 2. The Labute approximate surface area is 92.1 Å². The van der Waals surface area contributed by atoms with Crippen molar-refractivity contribution in [2.24, 2.45) is 0 Å². The third-order valence-corrected chi connectivity index (χ3v) is 2.30. The monoisotopic (exact) mass is 219 g/mol. The van der Waals surface area contributed by atoms with E-state index in [0.29, 0.717) is 11.4 Å². The van der Waals surface area contributed by atoms with E-state index in [1.165, 1.54) is 0 Å². The van der Waals surface area contributed by atoms with Gasteiger partial charge >= 0.3 is 0 Å². The van der Waals surface area contributed by atoms with Gasteiger partial charge in [0.05, 0.1) is 5.56 Å². The summed E-state index contributed by atoms with van der Waals surface area (Å²) in [5.41, 5.74) is 1.01. The molecule has 16 heavy (non-hydrogen) atoms. The first-order valence-corrected chi connectivity index (χ1v) is 4.96. The Morgan fingerprint density at radius 2 is 2.00 bits per heavy atom. The zero-order valence-corrected chi connectivity index (χ0v) is 9.40. The number of hydrogen-bond donors (Lipinski definition) is 2. The number of nitrogens with zero attached hydrogens (tertiary/aromatic N) is 3. The van der Waals surface area contributed by atoms with Gasteiger partial charge in [0.25, 0.3) is 5.56 Å². The van der Waals surface area contributed by atoms with Crippen molar-refractivity contribution >= 4 is 0 Å². The fourth-order valence-electron chi connectivity index (χ4n) is 1.36. The van der Waals surface area contributed by atoms with E-state index in [2.05, 4.69) is 25.6 Å². The number of pyridine rings is 1. The van der Waals surface area contributed by atoms with Gasteiger partial charge in [0.1, 0.15) is 0 Å². The third-order valence-electron chi connectivity index (χ3n) is 2.30. The summed E-state index contributed by atoms with van der Waals surface area (Å²) in [6, 6.07) is 3.58. The molecule has 6 heteroatoms. The van der Waals surface area contributed by atoms with Gasteiger partial charge in [-0.3, -0.25) is 4.79 Å². The van der Waals surface area contributed by atoms with E-state index in [1.807, 2.05) is 26.8 Å². The van der Waals surface area contributed by atoms with Gasteiger partial charge in [0.15, 0.2) is 0 Å². The van der Waals surface area contributed by atoms with E-state index in [1.54, 1.807) is 6.07 Å². The van der Waals surface area contributed by atoms with Crippen LogP contribution in [0.2, 0.25) is 0 Å². The van der Waals surface area contributed by atoms with Crippen LogP contribution in [0.5, 0.6) is 0 Å². The summed E-state index contributed by atoms with van der Waals surface area (Å²) in [6.07, 6.45) is 0. The van der Waals surface area contributed by atoms with Crippen molar-refractivity contribution in [2.75, 3.05) is 0 Å². The molecular formula is C10H13N5O. The highest BCUT2D eigenvalue weighted by Gasteiger charge is 2.16. The number of rotatable bonds is 1. The van der Waals surface area contributed by atoms with Crippen molar-refractivity contribution in [3.05, 3.63) is 28.2 Å². The van der Waals surface area contributed by atoms with Crippen molar-refractivity contribution in [3.8, 4) is 11.4 Å². The molecule has 0 bridgehead atoms. The lowest BCUT2D eigenvalue weighted by atomic mass is 9.91. The minimum Gasteiger partial charge on any atom is -0.325 e. The van der Waals surface area contributed by atoms with Gasteiger partial charge in [0.2, 0.25) is 5.82 Å². The number of aromatic nitrogens is 5. The van der Waals surface area contributed by atoms with Crippen LogP contribution in [0.1, 0.15) is 26.5 Å². The molecule has 2 N–H and O–H groups in total. The maximum atomic E-state index is 11.8. The average Bonchev–Trinajstić information content (AvgIpc) is 2.69. The Bertz CT molecular complexity index is 535. The van der Waals surface area contributed by atoms with Gasteiger partial charge in [-0.25, -0.2) is 0 Å². The molecule has 2 aromatic heterocycles. The van der Waals surface area contributed by atoms with Crippen LogP contribution in [-0.4, -0.2) is 25.6 Å². The molecule has 0 unspecified atom stereocenters. The Morgan fingerprint density at radius 1 is 1.25 bits per heavy atom. The van der Waals surface area contributed by atoms with Crippen molar-refractivity contribution in [1.82, 2.24) is 25.6 Å². The Kier molecular flexibility index (Phi) is 2.34. The fourth-order valence-corrected chi connectivity index (χ4v) is 1.36. The molecule has 6 nitrogen and oxygen atoms in total. The highest BCUT2D eigenvalue weighted by molar-refractivity contribution is 5.52. The van der Waals surface area contributed by atoms with Crippen LogP contribution in [0, 0.1) is 0 Å². The number of nitrogens with one attached hydrogen (secondary N) is 2. The predicted molar refractivity (Wildman–Crippen MR) is 58.9 cm³/mol. The van der Waals surface area contributed by atoms with Gasteiger partial charge in [0, 0.05) is 11.1 Å². The molecule has 0 aliphatic heterocycles. The molecule has 0 aliphatic carbocycles. The van der Waals surface area contributed by atoms with Crippen LogP contribution in [0.4, 0.5) is 0 Å². The summed E-state index contributed by atoms with van der Waals surface area (Å²) in [5, 5.41) is 13.3. The van der Waals surface area contributed by atoms with E-state index < -0.39 is 0 Å². The van der Waals surface area contributed by atoms with Gasteiger partial charge in [-0.15, -0.1) is 10.2 Å². The molecule has 0 saturated carbocycles. The minimum atomic E-state index is -0.200. The summed E-state index contributed by atoms with van der Waals surface area (Å²) in [7, 11) is 0. The zero-order chi connectivity index (χ0) is 11.8. The lowest BCUT2D eigenvalue weighted by Crippen LogP contribution is -2.20. The lowest BCUT2D eigenvalue weighted by Gasteiger charge is -2.18. The van der Waals surface area contributed by atoms with E-state index in [-0.39, 0.29) is 11.0 Å². The summed E-state index contributed by atoms with van der Waals surface area (Å²) < 4.78 is 0. The number of hydrogen-bond acceptors (Lipinski definition) is 4. The number of H-pyrrole nitrogens is 2. The molecule has 0 saturated heterocycles. The topological polar surface area (TPSA) is 87.3 Å². The van der Waals surface area contributed by atoms with Gasteiger partial charge in [-0.2, -0.15) is 5.21 Å². The maximum Gasteiger partial charge on any atom is 0.259 e. The first kappa shape index (κ1) is 10.5. The van der Waals surface area contributed by atoms with Crippen LogP contribution >= 0.6 is 0 Å². The van der Waals surface area contributed by atoms with Crippen molar-refractivity contribution in [1.29, 1.82) is 0 Å². The summed E-state index contributed by atoms with van der Waals surface area (Å²) in [4.78, 5) is 14.6. The van der Waals surface area contributed by atoms with Crippen LogP contribution in [0.15, 0.2) is 16.9 Å². The summed E-state index contributed by atoms with van der Waals surface area (Å²) in [5.74, 6) is 0.307. The molecule has 0 atom stereocenters. The quantitative estimate of drug-likeness (QED) is 0.744. The van der Waals surface area contributed by atoms with Crippen LogP contribution in [-0.2, 0) is 5.41 Å². The van der Waals surface area contributed by atoms with Gasteiger partial charge in [-0.05, 0) is 17.3 Å². The molecule has 2 rings (SSSR count). The molecule has 0 radical (unpaired) electrons. The largest absolute Gasteiger partial charge is 0.325 e. The lowest BCUT2D eigenvalue weighted by molar-refractivity contribution is 0.567. The Balaban J connectivity index is 2.50. The van der Waals surface area contributed by atoms with Crippen LogP contribution in [0.3, 0.4) is 0 Å². The van der Waals surface area contributed by atoms with Gasteiger partial charge in [-0.1, -0.05) is 20.8 Å². The Hall–Kier alpha value is -1.98. The minimum absolute atomic E-state index is 0.0883. The second kappa shape index (κ2) is 3.55. The molecule has 0 fully saturated rings. The zero-order valence-electron chi connectivity index (χ0n) is 9.40. The molecule has 2 aromatic rings. The standard InChI is InChI=1S/C10H13N5O/c1-10(2,3)7-5-4-6(9(16)11-7)8-12-14-15-13-8/h4-5H,1-3H3,(H,11,16)(H,12,13,14,15). The van der Waals surface area contributed by atoms with E-state index in [0.717, 1.165) is 5.69 Å². The smallest absolute Gasteiger partial charge is 0.259 e. The second-order valence-electron chi connectivity index (χ2n) is 4.60. The molecule has 0 amide bonds. The molecule has 0 spiro atoms. The highest BCUT2D eigenvalue weighted by atomic mass is 16.1. The third kappa shape index (κ3) is 1.86. The fraction of sp³-hybridized carbons (Fsp3) is 0.400. The van der Waals surface area contributed by atoms with E-state index in [9.17, 15) is 4.79 Å². The normalized spacial score (nSPS) is 11.7. The number of tetrazole rings is 1. The maximum absolute atomic E-state index is 11.8. The van der Waals surface area contributed by atoms with Crippen molar-refractivity contribution in [3.63, 3.8) is 0 Å². The second-order valence-corrected chi connectivity index (χ2v) is 4.60. The first-order chi connectivity index (χ1) is 7.48. The van der Waals surface area contributed by atoms with E-state index >= 15 is 0 Å². The summed E-state index contributed by atoms with van der Waals surface area (Å²) in [6.45, 7) is 6.10. The molecule has 0 aromatic carbocycles. The SMILES string of the molecule is CC(C)(C)c1ccc(-c2nn[nH]n2)c(=O)[nH]1. The highest BCUT2D eigenvalue weighted by Crippen LogP contribution is 2.19. The summed E-state index contributed by atoms with van der Waals surface area (Å²) >= 11 is 0.